The first-order valence-corrected chi connectivity index (χ1v) is 7.84. The molecule has 128 valence electrons. The molecule has 4 N–H and O–H groups in total. The van der Waals surface area contributed by atoms with Crippen molar-refractivity contribution in [1.29, 1.82) is 5.41 Å². The van der Waals surface area contributed by atoms with Gasteiger partial charge in [-0.1, -0.05) is 18.2 Å². The Kier molecular flexibility index (Phi) is 4.22. The van der Waals surface area contributed by atoms with E-state index in [4.69, 9.17) is 15.9 Å². The maximum atomic E-state index is 8.37. The van der Waals surface area contributed by atoms with Crippen LogP contribution in [0.3, 0.4) is 0 Å². The van der Waals surface area contributed by atoms with Crippen LogP contribution in [0.25, 0.3) is 10.8 Å². The summed E-state index contributed by atoms with van der Waals surface area (Å²) in [5, 5.41) is 13.4. The van der Waals surface area contributed by atoms with Gasteiger partial charge in [-0.2, -0.15) is 0 Å². The summed E-state index contributed by atoms with van der Waals surface area (Å²) in [4.78, 5) is 12.4. The SMILES string of the molecule is CC(C)(C)Nc1ncnc(N)c1C(=N)Oc1nccc2ccccc12. The molecular weight excluding hydrogens is 316 g/mol. The number of rotatable bonds is 3. The van der Waals surface area contributed by atoms with Gasteiger partial charge in [0, 0.05) is 17.1 Å². The Hall–Kier alpha value is -3.22. The van der Waals surface area contributed by atoms with Crippen molar-refractivity contribution in [3.05, 3.63) is 48.4 Å². The zero-order valence-corrected chi connectivity index (χ0v) is 14.4. The third-order valence-electron chi connectivity index (χ3n) is 3.43. The van der Waals surface area contributed by atoms with Crippen LogP contribution in [0.5, 0.6) is 5.88 Å². The van der Waals surface area contributed by atoms with Crippen molar-refractivity contribution in [2.75, 3.05) is 11.1 Å². The Bertz CT molecular complexity index is 927. The monoisotopic (exact) mass is 336 g/mol. The Labute approximate surface area is 145 Å². The van der Waals surface area contributed by atoms with Gasteiger partial charge >= 0.3 is 0 Å². The molecule has 0 fully saturated rings. The van der Waals surface area contributed by atoms with Crippen LogP contribution < -0.4 is 15.8 Å². The minimum Gasteiger partial charge on any atom is -0.420 e. The van der Waals surface area contributed by atoms with Gasteiger partial charge in [-0.3, -0.25) is 5.41 Å². The maximum absolute atomic E-state index is 8.37. The number of nitrogens with one attached hydrogen (secondary N) is 2. The molecule has 0 amide bonds. The quantitative estimate of drug-likeness (QED) is 0.500. The summed E-state index contributed by atoms with van der Waals surface area (Å²) in [6.07, 6.45) is 3.00. The highest BCUT2D eigenvalue weighted by atomic mass is 16.5. The number of nitrogen functional groups attached to an aromatic ring is 1. The molecule has 2 aromatic heterocycles. The second-order valence-electron chi connectivity index (χ2n) is 6.63. The molecule has 0 atom stereocenters. The average Bonchev–Trinajstić information content (AvgIpc) is 2.53. The number of nitrogens with zero attached hydrogens (tertiary/aromatic N) is 3. The Morgan fingerprint density at radius 2 is 1.88 bits per heavy atom. The first-order chi connectivity index (χ1) is 11.8. The molecule has 25 heavy (non-hydrogen) atoms. The third kappa shape index (κ3) is 3.65. The summed E-state index contributed by atoms with van der Waals surface area (Å²) in [5.74, 6) is 0.805. The number of hydrogen-bond donors (Lipinski definition) is 3. The summed E-state index contributed by atoms with van der Waals surface area (Å²) < 4.78 is 5.72. The molecule has 0 saturated carbocycles. The van der Waals surface area contributed by atoms with E-state index in [2.05, 4.69) is 20.3 Å². The lowest BCUT2D eigenvalue weighted by molar-refractivity contribution is 0.531. The molecular formula is C18H20N6O. The normalized spacial score (nSPS) is 11.3. The minimum atomic E-state index is -0.256. The standard InChI is InChI=1S/C18H20N6O/c1-18(2,3)24-16-13(14(19)22-10-23-16)15(20)25-17-12-7-5-4-6-11(12)8-9-21-17/h4-10,20H,1-3H3,(H3,19,22,23,24). The number of benzene rings is 1. The fourth-order valence-corrected chi connectivity index (χ4v) is 2.39. The number of fused-ring (bicyclic) bond motifs is 1. The predicted molar refractivity (Wildman–Crippen MR) is 99.0 cm³/mol. The first-order valence-electron chi connectivity index (χ1n) is 7.84. The van der Waals surface area contributed by atoms with Gasteiger partial charge in [-0.25, -0.2) is 15.0 Å². The summed E-state index contributed by atoms with van der Waals surface area (Å²) in [7, 11) is 0. The fraction of sp³-hybridized carbons (Fsp3) is 0.222. The van der Waals surface area contributed by atoms with E-state index in [1.54, 1.807) is 6.20 Å². The van der Waals surface area contributed by atoms with E-state index in [0.717, 1.165) is 10.8 Å². The molecule has 0 unspecified atom stereocenters. The van der Waals surface area contributed by atoms with Crippen LogP contribution in [0.15, 0.2) is 42.9 Å². The van der Waals surface area contributed by atoms with E-state index in [1.807, 2.05) is 51.1 Å². The number of anilines is 2. The lowest BCUT2D eigenvalue weighted by Gasteiger charge is -2.23. The van der Waals surface area contributed by atoms with Gasteiger partial charge in [0.15, 0.2) is 0 Å². The van der Waals surface area contributed by atoms with E-state index in [9.17, 15) is 0 Å². The maximum Gasteiger partial charge on any atom is 0.229 e. The minimum absolute atomic E-state index is 0.159. The number of nitrogens with two attached hydrogens (primary N) is 1. The van der Waals surface area contributed by atoms with Crippen molar-refractivity contribution >= 4 is 28.3 Å². The van der Waals surface area contributed by atoms with Crippen LogP contribution in [0.4, 0.5) is 11.6 Å². The van der Waals surface area contributed by atoms with Gasteiger partial charge in [-0.15, -0.1) is 0 Å². The summed E-state index contributed by atoms with van der Waals surface area (Å²) in [5.41, 5.74) is 6.03. The summed E-state index contributed by atoms with van der Waals surface area (Å²) >= 11 is 0. The van der Waals surface area contributed by atoms with Crippen molar-refractivity contribution in [2.45, 2.75) is 26.3 Å². The summed E-state index contributed by atoms with van der Waals surface area (Å²) in [6.45, 7) is 5.98. The molecule has 7 nitrogen and oxygen atoms in total. The molecule has 3 rings (SSSR count). The third-order valence-corrected chi connectivity index (χ3v) is 3.43. The smallest absolute Gasteiger partial charge is 0.229 e. The molecule has 0 radical (unpaired) electrons. The highest BCUT2D eigenvalue weighted by Crippen LogP contribution is 2.26. The van der Waals surface area contributed by atoms with Crippen LogP contribution in [-0.2, 0) is 0 Å². The van der Waals surface area contributed by atoms with E-state index < -0.39 is 0 Å². The van der Waals surface area contributed by atoms with Gasteiger partial charge in [0.1, 0.15) is 23.5 Å². The van der Waals surface area contributed by atoms with Crippen LogP contribution in [0.1, 0.15) is 26.3 Å². The summed E-state index contributed by atoms with van der Waals surface area (Å²) in [6, 6.07) is 9.57. The number of aromatic nitrogens is 3. The molecule has 0 aliphatic rings. The highest BCUT2D eigenvalue weighted by molar-refractivity contribution is 6.03. The number of ether oxygens (including phenoxy) is 1. The molecule has 0 bridgehead atoms. The lowest BCUT2D eigenvalue weighted by atomic mass is 10.1. The Balaban J connectivity index is 1.99. The molecule has 0 aliphatic carbocycles. The van der Waals surface area contributed by atoms with Crippen LogP contribution in [0, 0.1) is 5.41 Å². The van der Waals surface area contributed by atoms with Crippen molar-refractivity contribution in [3.63, 3.8) is 0 Å². The van der Waals surface area contributed by atoms with E-state index in [1.165, 1.54) is 6.33 Å². The molecule has 0 saturated heterocycles. The van der Waals surface area contributed by atoms with Crippen LogP contribution in [0.2, 0.25) is 0 Å². The first kappa shape index (κ1) is 16.6. The van der Waals surface area contributed by atoms with Crippen molar-refractivity contribution in [3.8, 4) is 5.88 Å². The number of pyridine rings is 1. The number of hydrogen-bond acceptors (Lipinski definition) is 7. The lowest BCUT2D eigenvalue weighted by Crippen LogP contribution is -2.29. The molecule has 7 heteroatoms. The van der Waals surface area contributed by atoms with Crippen molar-refractivity contribution < 1.29 is 4.74 Å². The van der Waals surface area contributed by atoms with E-state index in [0.29, 0.717) is 17.3 Å². The topological polar surface area (TPSA) is 110 Å². The zero-order valence-electron chi connectivity index (χ0n) is 14.4. The van der Waals surface area contributed by atoms with Gasteiger partial charge in [0.25, 0.3) is 0 Å². The molecule has 2 heterocycles. The Morgan fingerprint density at radius 1 is 1.12 bits per heavy atom. The molecule has 0 aliphatic heterocycles. The van der Waals surface area contributed by atoms with E-state index >= 15 is 0 Å². The highest BCUT2D eigenvalue weighted by Gasteiger charge is 2.21. The zero-order chi connectivity index (χ0) is 18.0. The Morgan fingerprint density at radius 3 is 2.64 bits per heavy atom. The van der Waals surface area contributed by atoms with Crippen LogP contribution in [-0.4, -0.2) is 26.4 Å². The predicted octanol–water partition coefficient (Wildman–Crippen LogP) is 3.22. The molecule has 0 spiro atoms. The molecule has 3 aromatic rings. The average molecular weight is 336 g/mol. The largest absolute Gasteiger partial charge is 0.420 e. The van der Waals surface area contributed by atoms with Gasteiger partial charge in [0.05, 0.1) is 0 Å². The second-order valence-corrected chi connectivity index (χ2v) is 6.63. The van der Waals surface area contributed by atoms with Gasteiger partial charge in [0.2, 0.25) is 11.8 Å². The fourth-order valence-electron chi connectivity index (χ4n) is 2.39. The van der Waals surface area contributed by atoms with Gasteiger partial charge in [-0.05, 0) is 38.3 Å². The molecule has 1 aromatic carbocycles. The second kappa shape index (κ2) is 6.35. The van der Waals surface area contributed by atoms with Crippen molar-refractivity contribution in [1.82, 2.24) is 15.0 Å². The van der Waals surface area contributed by atoms with Gasteiger partial charge < -0.3 is 15.8 Å². The van der Waals surface area contributed by atoms with Crippen LogP contribution >= 0.6 is 0 Å². The van der Waals surface area contributed by atoms with E-state index in [-0.39, 0.29) is 17.3 Å². The van der Waals surface area contributed by atoms with Crippen molar-refractivity contribution in [2.24, 2.45) is 0 Å².